The smallest absolute Gasteiger partial charge is 0.173 e. The number of nitrogens with zero attached hydrogens (tertiary/aromatic N) is 6. The highest BCUT2D eigenvalue weighted by Crippen LogP contribution is 2.30. The largest absolute Gasteiger partial charge is 0.383 e. The lowest BCUT2D eigenvalue weighted by atomic mass is 10.0. The fourth-order valence-corrected chi connectivity index (χ4v) is 4.21. The number of methoxy groups -OCH3 is 1. The Labute approximate surface area is 182 Å². The van der Waals surface area contributed by atoms with Crippen LogP contribution < -0.4 is 4.90 Å². The number of tetrazole rings is 1. The Hall–Kier alpha value is -2.48. The Balaban J connectivity index is 1.57. The molecule has 0 bridgehead atoms. The van der Waals surface area contributed by atoms with E-state index in [0.29, 0.717) is 13.2 Å². The van der Waals surface area contributed by atoms with Crippen LogP contribution in [-0.4, -0.2) is 65.0 Å². The fourth-order valence-electron chi connectivity index (χ4n) is 4.05. The zero-order valence-corrected chi connectivity index (χ0v) is 18.2. The molecular weight excluding hydrogens is 400 g/mol. The van der Waals surface area contributed by atoms with E-state index in [2.05, 4.69) is 68.6 Å². The highest BCUT2D eigenvalue weighted by molar-refractivity contribution is 6.30. The molecule has 0 saturated carbocycles. The normalized spacial score (nSPS) is 16.0. The van der Waals surface area contributed by atoms with Gasteiger partial charge in [0.05, 0.1) is 19.2 Å². The molecular formula is C22H27ClN6O. The number of anilines is 1. The van der Waals surface area contributed by atoms with E-state index in [4.69, 9.17) is 16.3 Å². The molecule has 1 atom stereocenters. The van der Waals surface area contributed by atoms with Crippen LogP contribution in [0.15, 0.2) is 48.5 Å². The standard InChI is InChI=1S/C22H27ClN6O/c1-17-8-9-19(23)16-20(17)27-10-12-28(13-11-27)21(18-6-4-3-5-7-18)22-24-25-26-29(22)14-15-30-2/h3-9,16,21H,10-15H2,1-2H3/t21-/m1/s1. The molecule has 8 heteroatoms. The average molecular weight is 427 g/mol. The maximum atomic E-state index is 6.25. The average Bonchev–Trinajstić information content (AvgIpc) is 3.23. The van der Waals surface area contributed by atoms with Gasteiger partial charge in [0, 0.05) is 44.0 Å². The van der Waals surface area contributed by atoms with Gasteiger partial charge in [0.2, 0.25) is 0 Å². The third-order valence-corrected chi connectivity index (χ3v) is 5.85. The van der Waals surface area contributed by atoms with Crippen molar-refractivity contribution in [2.45, 2.75) is 19.5 Å². The molecule has 1 aliphatic heterocycles. The van der Waals surface area contributed by atoms with Crippen LogP contribution in [0.1, 0.15) is 23.0 Å². The van der Waals surface area contributed by atoms with Gasteiger partial charge in [-0.05, 0) is 40.6 Å². The van der Waals surface area contributed by atoms with Crippen molar-refractivity contribution in [3.63, 3.8) is 0 Å². The maximum absolute atomic E-state index is 6.25. The fraction of sp³-hybridized carbons (Fsp3) is 0.409. The second-order valence-corrected chi connectivity index (χ2v) is 7.96. The van der Waals surface area contributed by atoms with E-state index in [1.54, 1.807) is 7.11 Å². The van der Waals surface area contributed by atoms with Crippen LogP contribution in [-0.2, 0) is 11.3 Å². The quantitative estimate of drug-likeness (QED) is 0.578. The van der Waals surface area contributed by atoms with Crippen molar-refractivity contribution in [3.05, 3.63) is 70.5 Å². The molecule has 2 heterocycles. The number of aromatic nitrogens is 4. The molecule has 1 aliphatic rings. The third-order valence-electron chi connectivity index (χ3n) is 5.62. The molecule has 0 unspecified atom stereocenters. The summed E-state index contributed by atoms with van der Waals surface area (Å²) < 4.78 is 7.09. The summed E-state index contributed by atoms with van der Waals surface area (Å²) in [6, 6.07) is 16.6. The highest BCUT2D eigenvalue weighted by atomic mass is 35.5. The van der Waals surface area contributed by atoms with Crippen LogP contribution in [0.3, 0.4) is 0 Å². The van der Waals surface area contributed by atoms with E-state index in [1.807, 2.05) is 16.8 Å². The molecule has 158 valence electrons. The topological polar surface area (TPSA) is 59.3 Å². The summed E-state index contributed by atoms with van der Waals surface area (Å²) in [5.41, 5.74) is 3.65. The SMILES string of the molecule is COCCn1nnnc1[C@@H](c1ccccc1)N1CCN(c2cc(Cl)ccc2C)CC1. The van der Waals surface area contributed by atoms with E-state index in [9.17, 15) is 0 Å². The Bertz CT molecular complexity index is 955. The molecule has 0 N–H and O–H groups in total. The molecule has 0 amide bonds. The Morgan fingerprint density at radius 1 is 1.07 bits per heavy atom. The van der Waals surface area contributed by atoms with Gasteiger partial charge in [-0.2, -0.15) is 0 Å². The molecule has 0 spiro atoms. The first kappa shape index (κ1) is 20.8. The second kappa shape index (κ2) is 9.55. The summed E-state index contributed by atoms with van der Waals surface area (Å²) in [6.07, 6.45) is 0. The van der Waals surface area contributed by atoms with Crippen molar-refractivity contribution < 1.29 is 4.74 Å². The van der Waals surface area contributed by atoms with Gasteiger partial charge >= 0.3 is 0 Å². The number of hydrogen-bond donors (Lipinski definition) is 0. The lowest BCUT2D eigenvalue weighted by Gasteiger charge is -2.40. The van der Waals surface area contributed by atoms with Gasteiger partial charge in [-0.3, -0.25) is 4.90 Å². The zero-order chi connectivity index (χ0) is 20.9. The molecule has 2 aromatic carbocycles. The van der Waals surface area contributed by atoms with Gasteiger partial charge in [0.1, 0.15) is 0 Å². The first-order valence-electron chi connectivity index (χ1n) is 10.2. The summed E-state index contributed by atoms with van der Waals surface area (Å²) >= 11 is 6.25. The number of benzene rings is 2. The number of halogens is 1. The van der Waals surface area contributed by atoms with Crippen LogP contribution in [0.4, 0.5) is 5.69 Å². The Morgan fingerprint density at radius 2 is 1.83 bits per heavy atom. The van der Waals surface area contributed by atoms with Crippen LogP contribution in [0.5, 0.6) is 0 Å². The number of aryl methyl sites for hydroxylation is 1. The number of ether oxygens (including phenoxy) is 1. The minimum Gasteiger partial charge on any atom is -0.383 e. The van der Waals surface area contributed by atoms with E-state index < -0.39 is 0 Å². The van der Waals surface area contributed by atoms with Crippen molar-refractivity contribution in [2.75, 3.05) is 44.8 Å². The third kappa shape index (κ3) is 4.48. The Morgan fingerprint density at radius 3 is 2.57 bits per heavy atom. The van der Waals surface area contributed by atoms with Crippen molar-refractivity contribution >= 4 is 17.3 Å². The summed E-state index contributed by atoms with van der Waals surface area (Å²) in [6.45, 7) is 6.99. The van der Waals surface area contributed by atoms with Crippen LogP contribution >= 0.6 is 11.6 Å². The van der Waals surface area contributed by atoms with Crippen LogP contribution in [0.25, 0.3) is 0 Å². The van der Waals surface area contributed by atoms with E-state index in [-0.39, 0.29) is 6.04 Å². The minimum absolute atomic E-state index is 0.000615. The highest BCUT2D eigenvalue weighted by Gasteiger charge is 2.30. The number of hydrogen-bond acceptors (Lipinski definition) is 6. The van der Waals surface area contributed by atoms with Gasteiger partial charge in [0.25, 0.3) is 0 Å². The Kier molecular flexibility index (Phi) is 6.62. The molecule has 1 aromatic heterocycles. The molecule has 1 fully saturated rings. The maximum Gasteiger partial charge on any atom is 0.173 e. The molecule has 3 aromatic rings. The van der Waals surface area contributed by atoms with E-state index >= 15 is 0 Å². The summed E-state index contributed by atoms with van der Waals surface area (Å²) in [7, 11) is 1.69. The van der Waals surface area contributed by atoms with Gasteiger partial charge in [0.15, 0.2) is 5.82 Å². The van der Waals surface area contributed by atoms with Crippen LogP contribution in [0, 0.1) is 6.92 Å². The van der Waals surface area contributed by atoms with Gasteiger partial charge in [-0.1, -0.05) is 48.0 Å². The van der Waals surface area contributed by atoms with E-state index in [1.165, 1.54) is 16.8 Å². The van der Waals surface area contributed by atoms with Crippen molar-refractivity contribution in [3.8, 4) is 0 Å². The lowest BCUT2D eigenvalue weighted by molar-refractivity contribution is 0.171. The molecule has 30 heavy (non-hydrogen) atoms. The molecule has 0 radical (unpaired) electrons. The molecule has 7 nitrogen and oxygen atoms in total. The second-order valence-electron chi connectivity index (χ2n) is 7.52. The minimum atomic E-state index is 0.000615. The molecule has 0 aliphatic carbocycles. The number of piperazine rings is 1. The molecule has 1 saturated heterocycles. The predicted molar refractivity (Wildman–Crippen MR) is 118 cm³/mol. The monoisotopic (exact) mass is 426 g/mol. The number of rotatable bonds is 7. The van der Waals surface area contributed by atoms with Gasteiger partial charge < -0.3 is 9.64 Å². The van der Waals surface area contributed by atoms with Crippen molar-refractivity contribution in [1.29, 1.82) is 0 Å². The van der Waals surface area contributed by atoms with Gasteiger partial charge in [-0.25, -0.2) is 4.68 Å². The summed E-state index contributed by atoms with van der Waals surface area (Å²) in [5.74, 6) is 0.852. The van der Waals surface area contributed by atoms with Crippen LogP contribution in [0.2, 0.25) is 5.02 Å². The van der Waals surface area contributed by atoms with E-state index in [0.717, 1.165) is 37.0 Å². The van der Waals surface area contributed by atoms with Crippen molar-refractivity contribution in [1.82, 2.24) is 25.1 Å². The zero-order valence-electron chi connectivity index (χ0n) is 17.4. The summed E-state index contributed by atoms with van der Waals surface area (Å²) in [4.78, 5) is 4.87. The molecule has 4 rings (SSSR count). The predicted octanol–water partition coefficient (Wildman–Crippen LogP) is 3.19. The van der Waals surface area contributed by atoms with Crippen molar-refractivity contribution in [2.24, 2.45) is 0 Å². The first-order valence-corrected chi connectivity index (χ1v) is 10.6. The van der Waals surface area contributed by atoms with Gasteiger partial charge in [-0.15, -0.1) is 5.10 Å². The first-order chi connectivity index (χ1) is 14.7. The lowest BCUT2D eigenvalue weighted by Crippen LogP contribution is -2.48. The summed E-state index contributed by atoms with van der Waals surface area (Å²) in [5, 5.41) is 13.3.